The Bertz CT molecular complexity index is 792. The van der Waals surface area contributed by atoms with Crippen LogP contribution < -0.4 is 10.6 Å². The number of rotatable bonds is 5. The van der Waals surface area contributed by atoms with Gasteiger partial charge in [-0.1, -0.05) is 22.0 Å². The Morgan fingerprint density at radius 2 is 1.96 bits per heavy atom. The molecule has 2 aromatic heterocycles. The van der Waals surface area contributed by atoms with E-state index in [-0.39, 0.29) is 0 Å². The van der Waals surface area contributed by atoms with Gasteiger partial charge in [0.25, 0.3) is 0 Å². The van der Waals surface area contributed by atoms with Crippen molar-refractivity contribution in [3.63, 3.8) is 0 Å². The van der Waals surface area contributed by atoms with Crippen LogP contribution in [0.25, 0.3) is 0 Å². The highest BCUT2D eigenvalue weighted by molar-refractivity contribution is 9.10. The van der Waals surface area contributed by atoms with Gasteiger partial charge in [-0.05, 0) is 42.3 Å². The van der Waals surface area contributed by atoms with Crippen LogP contribution in [0.15, 0.2) is 59.6 Å². The lowest BCUT2D eigenvalue weighted by atomic mass is 10.2. The summed E-state index contributed by atoms with van der Waals surface area (Å²) in [5, 5.41) is 6.56. The van der Waals surface area contributed by atoms with Crippen LogP contribution in [0, 0.1) is 6.92 Å². The zero-order valence-electron chi connectivity index (χ0n) is 12.6. The predicted octanol–water partition coefficient (Wildman–Crippen LogP) is 4.30. The molecule has 0 aliphatic heterocycles. The molecule has 1 aromatic carbocycles. The number of aryl methyl sites for hydroxylation is 1. The fourth-order valence-electron chi connectivity index (χ4n) is 2.09. The second-order valence-corrected chi connectivity index (χ2v) is 5.95. The maximum atomic E-state index is 4.26. The summed E-state index contributed by atoms with van der Waals surface area (Å²) in [5.41, 5.74) is 3.26. The summed E-state index contributed by atoms with van der Waals surface area (Å²) in [6.07, 6.45) is 5.13. The van der Waals surface area contributed by atoms with Gasteiger partial charge in [0.15, 0.2) is 0 Å². The molecule has 2 heterocycles. The van der Waals surface area contributed by atoms with Crippen molar-refractivity contribution in [2.24, 2.45) is 0 Å². The summed E-state index contributed by atoms with van der Waals surface area (Å²) in [5.74, 6) is 1.51. The van der Waals surface area contributed by atoms with Crippen LogP contribution in [-0.2, 0) is 6.54 Å². The number of benzene rings is 1. The minimum atomic E-state index is 0.668. The number of anilines is 3. The second kappa shape index (κ2) is 7.19. The van der Waals surface area contributed by atoms with E-state index < -0.39 is 0 Å². The molecular formula is C17H16BrN5. The summed E-state index contributed by atoms with van der Waals surface area (Å²) >= 11 is 3.50. The first-order valence-corrected chi connectivity index (χ1v) is 7.98. The predicted molar refractivity (Wildman–Crippen MR) is 95.8 cm³/mol. The summed E-state index contributed by atoms with van der Waals surface area (Å²) in [6.45, 7) is 2.72. The molecule has 0 atom stereocenters. The molecule has 0 bridgehead atoms. The van der Waals surface area contributed by atoms with Gasteiger partial charge in [-0.25, -0.2) is 9.97 Å². The van der Waals surface area contributed by atoms with Crippen LogP contribution in [0.4, 0.5) is 17.3 Å². The Balaban J connectivity index is 1.68. The van der Waals surface area contributed by atoms with E-state index in [4.69, 9.17) is 0 Å². The molecule has 0 saturated heterocycles. The Labute approximate surface area is 143 Å². The van der Waals surface area contributed by atoms with E-state index >= 15 is 0 Å². The number of nitrogens with zero attached hydrogens (tertiary/aromatic N) is 3. The lowest BCUT2D eigenvalue weighted by Gasteiger charge is -2.09. The maximum Gasteiger partial charge on any atom is 0.135 e. The second-order valence-electron chi connectivity index (χ2n) is 5.09. The molecular weight excluding hydrogens is 354 g/mol. The average Bonchev–Trinajstić information content (AvgIpc) is 2.58. The molecule has 2 N–H and O–H groups in total. The van der Waals surface area contributed by atoms with Gasteiger partial charge in [0.2, 0.25) is 0 Å². The Kier molecular flexibility index (Phi) is 4.83. The topological polar surface area (TPSA) is 62.7 Å². The maximum absolute atomic E-state index is 4.26. The molecule has 23 heavy (non-hydrogen) atoms. The van der Waals surface area contributed by atoms with Gasteiger partial charge in [-0.3, -0.25) is 4.98 Å². The molecule has 0 aliphatic rings. The SMILES string of the molecule is Cc1cc(Nc2cc(NCc3cccnc3)ncn2)ccc1Br. The Morgan fingerprint density at radius 1 is 1.09 bits per heavy atom. The van der Waals surface area contributed by atoms with E-state index in [2.05, 4.69) is 54.5 Å². The molecule has 3 aromatic rings. The van der Waals surface area contributed by atoms with Gasteiger partial charge in [-0.15, -0.1) is 0 Å². The first-order valence-electron chi connectivity index (χ1n) is 7.19. The molecule has 0 unspecified atom stereocenters. The van der Waals surface area contributed by atoms with E-state index in [1.165, 1.54) is 5.56 Å². The van der Waals surface area contributed by atoms with E-state index in [1.54, 1.807) is 12.5 Å². The van der Waals surface area contributed by atoms with Crippen LogP contribution >= 0.6 is 15.9 Å². The van der Waals surface area contributed by atoms with Gasteiger partial charge < -0.3 is 10.6 Å². The van der Waals surface area contributed by atoms with Crippen LogP contribution in [-0.4, -0.2) is 15.0 Å². The van der Waals surface area contributed by atoms with Crippen LogP contribution in [0.3, 0.4) is 0 Å². The zero-order chi connectivity index (χ0) is 16.1. The molecule has 3 rings (SSSR count). The number of hydrogen-bond donors (Lipinski definition) is 2. The third-order valence-electron chi connectivity index (χ3n) is 3.29. The van der Waals surface area contributed by atoms with E-state index in [0.717, 1.165) is 27.4 Å². The molecule has 0 amide bonds. The van der Waals surface area contributed by atoms with Gasteiger partial charge in [-0.2, -0.15) is 0 Å². The molecule has 5 nitrogen and oxygen atoms in total. The molecule has 0 aliphatic carbocycles. The summed E-state index contributed by atoms with van der Waals surface area (Å²) in [6, 6.07) is 11.9. The smallest absolute Gasteiger partial charge is 0.135 e. The Hall–Kier alpha value is -2.47. The van der Waals surface area contributed by atoms with Crippen molar-refractivity contribution in [2.45, 2.75) is 13.5 Å². The minimum absolute atomic E-state index is 0.668. The van der Waals surface area contributed by atoms with Crippen molar-refractivity contribution < 1.29 is 0 Å². The largest absolute Gasteiger partial charge is 0.366 e. The van der Waals surface area contributed by atoms with E-state index in [1.807, 2.05) is 36.5 Å². The van der Waals surface area contributed by atoms with Crippen molar-refractivity contribution in [3.8, 4) is 0 Å². The van der Waals surface area contributed by atoms with Gasteiger partial charge in [0.05, 0.1) is 0 Å². The quantitative estimate of drug-likeness (QED) is 0.701. The third kappa shape index (κ3) is 4.26. The summed E-state index contributed by atoms with van der Waals surface area (Å²) < 4.78 is 1.09. The van der Waals surface area contributed by atoms with Crippen LogP contribution in [0.1, 0.15) is 11.1 Å². The monoisotopic (exact) mass is 369 g/mol. The van der Waals surface area contributed by atoms with Gasteiger partial charge >= 0.3 is 0 Å². The molecule has 6 heteroatoms. The normalized spacial score (nSPS) is 10.3. The average molecular weight is 370 g/mol. The van der Waals surface area contributed by atoms with Crippen molar-refractivity contribution in [1.29, 1.82) is 0 Å². The van der Waals surface area contributed by atoms with Crippen molar-refractivity contribution in [2.75, 3.05) is 10.6 Å². The summed E-state index contributed by atoms with van der Waals surface area (Å²) in [4.78, 5) is 12.6. The fourth-order valence-corrected chi connectivity index (χ4v) is 2.33. The number of pyridine rings is 1. The molecule has 0 fully saturated rings. The lowest BCUT2D eigenvalue weighted by Crippen LogP contribution is -2.03. The highest BCUT2D eigenvalue weighted by Gasteiger charge is 2.02. The van der Waals surface area contributed by atoms with E-state index in [9.17, 15) is 0 Å². The minimum Gasteiger partial charge on any atom is -0.366 e. The number of hydrogen-bond acceptors (Lipinski definition) is 5. The van der Waals surface area contributed by atoms with Gasteiger partial charge in [0, 0.05) is 35.2 Å². The molecule has 116 valence electrons. The lowest BCUT2D eigenvalue weighted by molar-refractivity contribution is 1.07. The standard InChI is InChI=1S/C17H16BrN5/c1-12-7-14(4-5-15(12)18)23-17-8-16(21-11-22-17)20-10-13-3-2-6-19-9-13/h2-9,11H,10H2,1H3,(H2,20,21,22,23). The van der Waals surface area contributed by atoms with E-state index in [0.29, 0.717) is 6.54 Å². The van der Waals surface area contributed by atoms with Crippen molar-refractivity contribution in [1.82, 2.24) is 15.0 Å². The van der Waals surface area contributed by atoms with Crippen molar-refractivity contribution >= 4 is 33.3 Å². The highest BCUT2D eigenvalue weighted by atomic mass is 79.9. The fraction of sp³-hybridized carbons (Fsp3) is 0.118. The first-order chi connectivity index (χ1) is 11.2. The van der Waals surface area contributed by atoms with Gasteiger partial charge in [0.1, 0.15) is 18.0 Å². The van der Waals surface area contributed by atoms with Crippen LogP contribution in [0.2, 0.25) is 0 Å². The highest BCUT2D eigenvalue weighted by Crippen LogP contribution is 2.22. The van der Waals surface area contributed by atoms with Crippen molar-refractivity contribution in [3.05, 3.63) is 70.7 Å². The number of nitrogens with one attached hydrogen (secondary N) is 2. The third-order valence-corrected chi connectivity index (χ3v) is 4.18. The van der Waals surface area contributed by atoms with Crippen LogP contribution in [0.5, 0.6) is 0 Å². The zero-order valence-corrected chi connectivity index (χ0v) is 14.2. The Morgan fingerprint density at radius 3 is 2.74 bits per heavy atom. The molecule has 0 saturated carbocycles. The molecule has 0 radical (unpaired) electrons. The molecule has 0 spiro atoms. The first kappa shape index (κ1) is 15.4. The number of halogens is 1. The number of aromatic nitrogens is 3. The summed E-state index contributed by atoms with van der Waals surface area (Å²) in [7, 11) is 0.